The van der Waals surface area contributed by atoms with Crippen molar-refractivity contribution in [1.82, 2.24) is 19.7 Å². The van der Waals surface area contributed by atoms with Crippen LogP contribution in [0.3, 0.4) is 0 Å². The summed E-state index contributed by atoms with van der Waals surface area (Å²) in [6, 6.07) is 3.81. The zero-order valence-electron chi connectivity index (χ0n) is 8.75. The van der Waals surface area contributed by atoms with Crippen molar-refractivity contribution in [3.8, 4) is 11.9 Å². The predicted molar refractivity (Wildman–Crippen MR) is 57.6 cm³/mol. The van der Waals surface area contributed by atoms with Crippen LogP contribution in [0.25, 0.3) is 5.82 Å². The van der Waals surface area contributed by atoms with E-state index in [1.165, 1.54) is 11.0 Å². The molecule has 2 rings (SSSR count). The van der Waals surface area contributed by atoms with Crippen molar-refractivity contribution in [2.45, 2.75) is 13.3 Å². The summed E-state index contributed by atoms with van der Waals surface area (Å²) in [5, 5.41) is 12.7. The van der Waals surface area contributed by atoms with Crippen molar-refractivity contribution < 1.29 is 0 Å². The molecule has 0 aromatic carbocycles. The zero-order chi connectivity index (χ0) is 11.5. The van der Waals surface area contributed by atoms with Gasteiger partial charge in [-0.15, -0.1) is 0 Å². The largest absolute Gasteiger partial charge is 0.383 e. The zero-order valence-corrected chi connectivity index (χ0v) is 8.75. The summed E-state index contributed by atoms with van der Waals surface area (Å²) in [5.41, 5.74) is 7.40. The summed E-state index contributed by atoms with van der Waals surface area (Å²) >= 11 is 0. The first-order chi connectivity index (χ1) is 7.72. The van der Waals surface area contributed by atoms with Crippen molar-refractivity contribution >= 4 is 5.82 Å². The average molecular weight is 214 g/mol. The molecule has 0 aliphatic rings. The van der Waals surface area contributed by atoms with Gasteiger partial charge in [-0.3, -0.25) is 0 Å². The van der Waals surface area contributed by atoms with E-state index in [1.54, 1.807) is 12.3 Å². The molecule has 0 fully saturated rings. The summed E-state index contributed by atoms with van der Waals surface area (Å²) in [6.45, 7) is 1.86. The van der Waals surface area contributed by atoms with Crippen LogP contribution >= 0.6 is 0 Å². The normalized spacial score (nSPS) is 10.0. The summed E-state index contributed by atoms with van der Waals surface area (Å²) in [7, 11) is 0. The smallest absolute Gasteiger partial charge is 0.159 e. The van der Waals surface area contributed by atoms with Crippen LogP contribution in [0.2, 0.25) is 0 Å². The van der Waals surface area contributed by atoms with E-state index in [-0.39, 0.29) is 6.42 Å². The van der Waals surface area contributed by atoms with Crippen LogP contribution in [-0.4, -0.2) is 19.7 Å². The van der Waals surface area contributed by atoms with Crippen molar-refractivity contribution in [2.75, 3.05) is 5.73 Å². The predicted octanol–water partition coefficient (Wildman–Crippen LogP) is 0.619. The third-order valence-electron chi connectivity index (χ3n) is 2.16. The maximum Gasteiger partial charge on any atom is 0.159 e. The summed E-state index contributed by atoms with van der Waals surface area (Å²) in [6.07, 6.45) is 3.28. The Morgan fingerprint density at radius 3 is 3.00 bits per heavy atom. The van der Waals surface area contributed by atoms with Crippen LogP contribution in [0.5, 0.6) is 0 Å². The number of hydrogen-bond donors (Lipinski definition) is 1. The molecule has 2 heterocycles. The van der Waals surface area contributed by atoms with E-state index in [0.717, 1.165) is 5.69 Å². The van der Waals surface area contributed by atoms with Gasteiger partial charge in [-0.05, 0) is 6.92 Å². The minimum Gasteiger partial charge on any atom is -0.383 e. The lowest BCUT2D eigenvalue weighted by Gasteiger charge is -2.03. The Balaban J connectivity index is 2.46. The van der Waals surface area contributed by atoms with Gasteiger partial charge < -0.3 is 5.73 Å². The molecule has 0 aliphatic carbocycles. The van der Waals surface area contributed by atoms with Crippen LogP contribution < -0.4 is 5.73 Å². The Bertz CT molecular complexity index is 551. The molecular formula is C10H10N6. The van der Waals surface area contributed by atoms with Crippen molar-refractivity contribution in [1.29, 1.82) is 5.26 Å². The van der Waals surface area contributed by atoms with Gasteiger partial charge in [0, 0.05) is 17.3 Å². The average Bonchev–Trinajstić information content (AvgIpc) is 2.61. The molecule has 2 aromatic rings. The second-order valence-corrected chi connectivity index (χ2v) is 3.32. The monoisotopic (exact) mass is 214 g/mol. The van der Waals surface area contributed by atoms with Gasteiger partial charge in [0.25, 0.3) is 0 Å². The number of aromatic nitrogens is 4. The molecule has 6 heteroatoms. The highest BCUT2D eigenvalue weighted by atomic mass is 15.3. The van der Waals surface area contributed by atoms with E-state index in [4.69, 9.17) is 11.0 Å². The lowest BCUT2D eigenvalue weighted by atomic mass is 10.2. The molecule has 80 valence electrons. The number of aryl methyl sites for hydroxylation is 1. The van der Waals surface area contributed by atoms with Gasteiger partial charge in [0.2, 0.25) is 0 Å². The van der Waals surface area contributed by atoms with Gasteiger partial charge in [0.1, 0.15) is 12.1 Å². The fraction of sp³-hybridized carbons (Fsp3) is 0.200. The lowest BCUT2D eigenvalue weighted by Crippen LogP contribution is -2.05. The number of nitrogens with two attached hydrogens (primary N) is 1. The molecule has 0 unspecified atom stereocenters. The first-order valence-corrected chi connectivity index (χ1v) is 4.70. The first-order valence-electron chi connectivity index (χ1n) is 4.70. The van der Waals surface area contributed by atoms with Crippen LogP contribution in [0.15, 0.2) is 18.6 Å². The van der Waals surface area contributed by atoms with Gasteiger partial charge in [-0.25, -0.2) is 9.97 Å². The third-order valence-corrected chi connectivity index (χ3v) is 2.16. The highest BCUT2D eigenvalue weighted by molar-refractivity contribution is 5.45. The summed E-state index contributed by atoms with van der Waals surface area (Å²) in [5.74, 6) is 1.05. The van der Waals surface area contributed by atoms with E-state index in [2.05, 4.69) is 15.1 Å². The van der Waals surface area contributed by atoms with Crippen LogP contribution in [0, 0.1) is 18.3 Å². The molecule has 0 amide bonds. The molecule has 0 atom stereocenters. The van der Waals surface area contributed by atoms with Gasteiger partial charge in [0.15, 0.2) is 5.82 Å². The molecule has 0 bridgehead atoms. The Labute approximate surface area is 92.4 Å². The van der Waals surface area contributed by atoms with E-state index >= 15 is 0 Å². The SMILES string of the molecule is Cc1cc(-n2ncc(CC#N)c2N)ncn1. The topological polar surface area (TPSA) is 93.4 Å². The molecule has 0 saturated carbocycles. The number of anilines is 1. The number of rotatable bonds is 2. The van der Waals surface area contributed by atoms with Crippen molar-refractivity contribution in [2.24, 2.45) is 0 Å². The van der Waals surface area contributed by atoms with E-state index in [9.17, 15) is 0 Å². The molecule has 16 heavy (non-hydrogen) atoms. The molecular weight excluding hydrogens is 204 g/mol. The molecule has 6 nitrogen and oxygen atoms in total. The van der Waals surface area contributed by atoms with E-state index in [0.29, 0.717) is 17.2 Å². The highest BCUT2D eigenvalue weighted by Gasteiger charge is 2.09. The fourth-order valence-electron chi connectivity index (χ4n) is 1.35. The Kier molecular flexibility index (Phi) is 2.52. The van der Waals surface area contributed by atoms with E-state index < -0.39 is 0 Å². The number of hydrogen-bond acceptors (Lipinski definition) is 5. The Hall–Kier alpha value is -2.42. The molecule has 2 aromatic heterocycles. The highest BCUT2D eigenvalue weighted by Crippen LogP contribution is 2.15. The van der Waals surface area contributed by atoms with Gasteiger partial charge in [-0.1, -0.05) is 0 Å². The Morgan fingerprint density at radius 1 is 1.50 bits per heavy atom. The van der Waals surface area contributed by atoms with E-state index in [1.807, 2.05) is 13.0 Å². The van der Waals surface area contributed by atoms with Crippen molar-refractivity contribution in [3.05, 3.63) is 29.8 Å². The van der Waals surface area contributed by atoms with Crippen LogP contribution in [0.4, 0.5) is 5.82 Å². The minimum atomic E-state index is 0.246. The second-order valence-electron chi connectivity index (χ2n) is 3.32. The quantitative estimate of drug-likeness (QED) is 0.790. The molecule has 0 radical (unpaired) electrons. The molecule has 2 N–H and O–H groups in total. The number of nitriles is 1. The second kappa shape index (κ2) is 3.98. The molecule has 0 saturated heterocycles. The molecule has 0 aliphatic heterocycles. The summed E-state index contributed by atoms with van der Waals surface area (Å²) < 4.78 is 1.50. The summed E-state index contributed by atoms with van der Waals surface area (Å²) in [4.78, 5) is 8.06. The Morgan fingerprint density at radius 2 is 2.31 bits per heavy atom. The maximum atomic E-state index is 8.60. The van der Waals surface area contributed by atoms with Crippen LogP contribution in [0.1, 0.15) is 11.3 Å². The van der Waals surface area contributed by atoms with Crippen molar-refractivity contribution in [3.63, 3.8) is 0 Å². The third kappa shape index (κ3) is 1.70. The van der Waals surface area contributed by atoms with Crippen LogP contribution in [-0.2, 0) is 6.42 Å². The van der Waals surface area contributed by atoms with Gasteiger partial charge in [-0.2, -0.15) is 15.0 Å². The number of nitrogen functional groups attached to an aromatic ring is 1. The maximum absolute atomic E-state index is 8.60. The minimum absolute atomic E-state index is 0.246. The fourth-order valence-corrected chi connectivity index (χ4v) is 1.35. The van der Waals surface area contributed by atoms with Gasteiger partial charge in [0.05, 0.1) is 18.7 Å². The standard InChI is InChI=1S/C10H10N6/c1-7-4-9(14-6-13-7)16-10(12)8(2-3-11)5-15-16/h4-6H,2,12H2,1H3. The number of nitrogens with zero attached hydrogens (tertiary/aromatic N) is 5. The van der Waals surface area contributed by atoms with Gasteiger partial charge >= 0.3 is 0 Å². The lowest BCUT2D eigenvalue weighted by molar-refractivity contribution is 0.844. The molecule has 0 spiro atoms. The first kappa shape index (κ1) is 10.1.